The molecule has 0 aliphatic carbocycles. The molecule has 0 saturated carbocycles. The van der Waals surface area contributed by atoms with Crippen molar-refractivity contribution >= 4 is 28.4 Å². The molecule has 2 saturated heterocycles. The number of hydrogen-bond donors (Lipinski definition) is 0. The lowest BCUT2D eigenvalue weighted by molar-refractivity contribution is -0.132. The Morgan fingerprint density at radius 3 is 2.36 bits per heavy atom. The predicted octanol–water partition coefficient (Wildman–Crippen LogP) is 3.24. The molecule has 2 fully saturated rings. The maximum Gasteiger partial charge on any atom is 0.275 e. The van der Waals surface area contributed by atoms with Crippen LogP contribution in [-0.2, 0) is 11.3 Å². The van der Waals surface area contributed by atoms with Crippen LogP contribution in [0.2, 0.25) is 0 Å². The van der Waals surface area contributed by atoms with Crippen molar-refractivity contribution in [1.82, 2.24) is 19.6 Å². The average molecular weight is 446 g/mol. The van der Waals surface area contributed by atoms with Gasteiger partial charge >= 0.3 is 0 Å². The van der Waals surface area contributed by atoms with Gasteiger partial charge in [0.15, 0.2) is 5.69 Å². The number of carbonyl (C=O) groups is 2. The number of aromatic nitrogens is 2. The first-order chi connectivity index (χ1) is 16.0. The van der Waals surface area contributed by atoms with E-state index >= 15 is 0 Å². The summed E-state index contributed by atoms with van der Waals surface area (Å²) in [4.78, 5) is 32.3. The molecule has 2 aromatic carbocycles. The van der Waals surface area contributed by atoms with Crippen LogP contribution in [0, 0.1) is 13.8 Å². The van der Waals surface area contributed by atoms with Crippen LogP contribution in [0.5, 0.6) is 0 Å². The van der Waals surface area contributed by atoms with E-state index in [1.807, 2.05) is 34.1 Å². The summed E-state index contributed by atoms with van der Waals surface area (Å²) in [6.07, 6.45) is 2.08. The van der Waals surface area contributed by atoms with Gasteiger partial charge in [0, 0.05) is 50.3 Å². The fourth-order valence-corrected chi connectivity index (χ4v) is 4.96. The van der Waals surface area contributed by atoms with Crippen molar-refractivity contribution in [2.75, 3.05) is 44.2 Å². The zero-order chi connectivity index (χ0) is 22.9. The number of piperazine rings is 1. The van der Waals surface area contributed by atoms with Gasteiger partial charge < -0.3 is 14.7 Å². The highest BCUT2D eigenvalue weighted by Crippen LogP contribution is 2.24. The Morgan fingerprint density at radius 2 is 1.61 bits per heavy atom. The molecular weight excluding hydrogens is 414 g/mol. The van der Waals surface area contributed by atoms with Crippen LogP contribution in [0.25, 0.3) is 10.9 Å². The van der Waals surface area contributed by atoms with Crippen molar-refractivity contribution < 1.29 is 9.59 Å². The highest BCUT2D eigenvalue weighted by molar-refractivity contribution is 6.05. The van der Waals surface area contributed by atoms with Crippen LogP contribution < -0.4 is 4.90 Å². The van der Waals surface area contributed by atoms with Crippen LogP contribution in [0.3, 0.4) is 0 Å². The minimum atomic E-state index is -0.0305. The van der Waals surface area contributed by atoms with Crippen molar-refractivity contribution in [2.45, 2.75) is 33.2 Å². The van der Waals surface area contributed by atoms with E-state index in [9.17, 15) is 9.59 Å². The van der Waals surface area contributed by atoms with Crippen molar-refractivity contribution in [2.24, 2.45) is 0 Å². The predicted molar refractivity (Wildman–Crippen MR) is 130 cm³/mol. The standard InChI is InChI=1S/C26H31N5O2/c1-19-9-10-20(2)23(17-19)28-13-15-29(16-14-28)24(32)18-31-22-8-4-3-7-21(22)25(27-31)26(33)30-11-5-6-12-30/h3-4,7-10,17H,5-6,11-16,18H2,1-2H3. The summed E-state index contributed by atoms with van der Waals surface area (Å²) in [5, 5.41) is 5.44. The third kappa shape index (κ3) is 4.19. The number of nitrogens with zero attached hydrogens (tertiary/aromatic N) is 5. The molecule has 0 spiro atoms. The molecule has 2 aliphatic rings. The lowest BCUT2D eigenvalue weighted by Crippen LogP contribution is -2.49. The van der Waals surface area contributed by atoms with E-state index in [0.717, 1.165) is 49.9 Å². The maximum absolute atomic E-state index is 13.2. The summed E-state index contributed by atoms with van der Waals surface area (Å²) in [5.41, 5.74) is 5.06. The number of carbonyl (C=O) groups excluding carboxylic acids is 2. The lowest BCUT2D eigenvalue weighted by atomic mass is 10.1. The summed E-state index contributed by atoms with van der Waals surface area (Å²) in [7, 11) is 0. The van der Waals surface area contributed by atoms with Gasteiger partial charge in [0.25, 0.3) is 5.91 Å². The van der Waals surface area contributed by atoms with Crippen LogP contribution in [-0.4, -0.2) is 70.7 Å². The zero-order valence-electron chi connectivity index (χ0n) is 19.5. The second-order valence-electron chi connectivity index (χ2n) is 9.18. The molecule has 0 unspecified atom stereocenters. The molecular formula is C26H31N5O2. The van der Waals surface area contributed by atoms with Gasteiger partial charge in [0.2, 0.25) is 5.91 Å². The minimum Gasteiger partial charge on any atom is -0.368 e. The molecule has 5 rings (SSSR count). The van der Waals surface area contributed by atoms with Crippen molar-refractivity contribution in [3.05, 3.63) is 59.3 Å². The van der Waals surface area contributed by atoms with Crippen molar-refractivity contribution in [1.29, 1.82) is 0 Å². The van der Waals surface area contributed by atoms with Gasteiger partial charge in [-0.3, -0.25) is 14.3 Å². The number of amides is 2. The van der Waals surface area contributed by atoms with Gasteiger partial charge in [0.1, 0.15) is 6.54 Å². The third-order valence-electron chi connectivity index (χ3n) is 6.88. The van der Waals surface area contributed by atoms with Crippen LogP contribution in [0.15, 0.2) is 42.5 Å². The Labute approximate surface area is 194 Å². The molecule has 3 heterocycles. The molecule has 3 aromatic rings. The second-order valence-corrected chi connectivity index (χ2v) is 9.18. The van der Waals surface area contributed by atoms with Gasteiger partial charge in [-0.2, -0.15) is 5.10 Å². The molecule has 2 amide bonds. The SMILES string of the molecule is Cc1ccc(C)c(N2CCN(C(=O)Cn3nc(C(=O)N4CCCC4)c4ccccc43)CC2)c1. The van der Waals surface area contributed by atoms with Crippen LogP contribution in [0.4, 0.5) is 5.69 Å². The Bertz CT molecular complexity index is 1190. The number of anilines is 1. The normalized spacial score (nSPS) is 16.6. The molecule has 2 aliphatic heterocycles. The number of para-hydroxylation sites is 1. The first kappa shape index (κ1) is 21.5. The fraction of sp³-hybridized carbons (Fsp3) is 0.423. The monoisotopic (exact) mass is 445 g/mol. The summed E-state index contributed by atoms with van der Waals surface area (Å²) in [5.74, 6) is 0.0149. The number of hydrogen-bond acceptors (Lipinski definition) is 4. The van der Waals surface area contributed by atoms with E-state index in [4.69, 9.17) is 0 Å². The van der Waals surface area contributed by atoms with E-state index in [0.29, 0.717) is 18.8 Å². The molecule has 0 radical (unpaired) electrons. The first-order valence-corrected chi connectivity index (χ1v) is 11.9. The second kappa shape index (κ2) is 8.89. The summed E-state index contributed by atoms with van der Waals surface area (Å²) >= 11 is 0. The van der Waals surface area contributed by atoms with Gasteiger partial charge in [0.05, 0.1) is 5.52 Å². The number of likely N-dealkylation sites (tertiary alicyclic amines) is 1. The fourth-order valence-electron chi connectivity index (χ4n) is 4.96. The molecule has 0 atom stereocenters. The molecule has 0 bridgehead atoms. The molecule has 1 aromatic heterocycles. The number of aryl methyl sites for hydroxylation is 2. The Balaban J connectivity index is 1.30. The Kier molecular flexibility index (Phi) is 5.79. The van der Waals surface area contributed by atoms with E-state index in [-0.39, 0.29) is 18.4 Å². The third-order valence-corrected chi connectivity index (χ3v) is 6.88. The van der Waals surface area contributed by atoms with E-state index < -0.39 is 0 Å². The maximum atomic E-state index is 13.2. The topological polar surface area (TPSA) is 61.7 Å². The van der Waals surface area contributed by atoms with E-state index in [1.54, 1.807) is 4.68 Å². The Hall–Kier alpha value is -3.35. The minimum absolute atomic E-state index is 0.0305. The Morgan fingerprint density at radius 1 is 0.879 bits per heavy atom. The van der Waals surface area contributed by atoms with Gasteiger partial charge in [-0.15, -0.1) is 0 Å². The summed E-state index contributed by atoms with van der Waals surface area (Å²) < 4.78 is 1.71. The molecule has 172 valence electrons. The van der Waals surface area contributed by atoms with Crippen molar-refractivity contribution in [3.63, 3.8) is 0 Å². The first-order valence-electron chi connectivity index (χ1n) is 11.9. The van der Waals surface area contributed by atoms with Crippen LogP contribution in [0.1, 0.15) is 34.5 Å². The quantitative estimate of drug-likeness (QED) is 0.619. The van der Waals surface area contributed by atoms with Gasteiger partial charge in [-0.1, -0.05) is 30.3 Å². The molecule has 33 heavy (non-hydrogen) atoms. The molecule has 7 nitrogen and oxygen atoms in total. The van der Waals surface area contributed by atoms with Crippen molar-refractivity contribution in [3.8, 4) is 0 Å². The summed E-state index contributed by atoms with van der Waals surface area (Å²) in [6.45, 7) is 8.96. The number of benzene rings is 2. The van der Waals surface area contributed by atoms with Gasteiger partial charge in [-0.05, 0) is 49.9 Å². The lowest BCUT2D eigenvalue weighted by Gasteiger charge is -2.37. The highest BCUT2D eigenvalue weighted by atomic mass is 16.2. The highest BCUT2D eigenvalue weighted by Gasteiger charge is 2.27. The smallest absolute Gasteiger partial charge is 0.275 e. The average Bonchev–Trinajstić information content (AvgIpc) is 3.49. The molecule has 7 heteroatoms. The molecule has 0 N–H and O–H groups in total. The van der Waals surface area contributed by atoms with E-state index in [1.165, 1.54) is 16.8 Å². The number of fused-ring (bicyclic) bond motifs is 1. The zero-order valence-corrected chi connectivity index (χ0v) is 19.5. The van der Waals surface area contributed by atoms with Crippen LogP contribution >= 0.6 is 0 Å². The van der Waals surface area contributed by atoms with E-state index in [2.05, 4.69) is 42.0 Å². The van der Waals surface area contributed by atoms with Gasteiger partial charge in [-0.25, -0.2) is 0 Å². The summed E-state index contributed by atoms with van der Waals surface area (Å²) in [6, 6.07) is 14.2. The number of rotatable bonds is 4. The largest absolute Gasteiger partial charge is 0.368 e.